The Morgan fingerprint density at radius 3 is 2.82 bits per heavy atom. The van der Waals surface area contributed by atoms with Crippen LogP contribution in [0.25, 0.3) is 0 Å². The van der Waals surface area contributed by atoms with Crippen molar-refractivity contribution in [2.75, 3.05) is 16.6 Å². The average Bonchev–Trinajstić information content (AvgIpc) is 3.44. The van der Waals surface area contributed by atoms with Crippen molar-refractivity contribution in [2.45, 2.75) is 16.4 Å². The van der Waals surface area contributed by atoms with Crippen LogP contribution in [0, 0.1) is 0 Å². The summed E-state index contributed by atoms with van der Waals surface area (Å²) in [6.45, 7) is 0. The number of thiazole rings is 1. The Kier molecular flexibility index (Phi) is 8.11. The third kappa shape index (κ3) is 5.06. The minimum atomic E-state index is -1.22. The fourth-order valence-corrected chi connectivity index (χ4v) is 7.07. The van der Waals surface area contributed by atoms with E-state index in [0.717, 1.165) is 11.3 Å². The molecule has 2 aromatic rings. The van der Waals surface area contributed by atoms with E-state index in [1.807, 2.05) is 0 Å². The second-order valence-corrected chi connectivity index (χ2v) is 10.6. The predicted octanol–water partition coefficient (Wildman–Crippen LogP) is 0.623. The highest BCUT2D eigenvalue weighted by Gasteiger charge is 2.54. The van der Waals surface area contributed by atoms with Crippen LogP contribution in [0.1, 0.15) is 5.69 Å². The topological polar surface area (TPSA) is 200 Å². The highest BCUT2D eigenvalue weighted by molar-refractivity contribution is 8.18. The number of hydrogen-bond acceptors (Lipinski definition) is 13. The van der Waals surface area contributed by atoms with Crippen LogP contribution in [0.15, 0.2) is 32.4 Å². The molecule has 6 N–H and O–H groups in total. The van der Waals surface area contributed by atoms with Crippen LogP contribution in [-0.2, 0) is 14.4 Å². The van der Waals surface area contributed by atoms with Crippen LogP contribution < -0.4 is 11.1 Å². The molecule has 176 valence electrons. The summed E-state index contributed by atoms with van der Waals surface area (Å²) < 4.78 is 0. The molecule has 2 aromatic heterocycles. The van der Waals surface area contributed by atoms with Gasteiger partial charge in [0.25, 0.3) is 11.8 Å². The molecule has 0 aromatic carbocycles. The number of nitrogens with one attached hydrogen (secondary N) is 2. The molecule has 18 heteroatoms. The summed E-state index contributed by atoms with van der Waals surface area (Å²) in [5, 5.41) is 36.6. The van der Waals surface area contributed by atoms with E-state index in [4.69, 9.17) is 5.73 Å². The highest BCUT2D eigenvalue weighted by atomic mass is 35.5. The standard InChI is InChI=1S/C15H14N8O5S4.ClH/c16-15-18-5(2-30-15)8(21-28)11(24)19-9-12(25)23-10(14(26)27)6(3-29-13(9)23)31-4-32-7-1-17-22-20-7;/h1-2,9,13,28H,3-4H2,(H2,16,18)(H,19,24)(H,26,27)(H,17,20,22);1H/b21-8-;/t9-,13+;/m1./s1. The number of amides is 2. The van der Waals surface area contributed by atoms with Gasteiger partial charge >= 0.3 is 5.97 Å². The van der Waals surface area contributed by atoms with Crippen molar-refractivity contribution in [1.29, 1.82) is 0 Å². The number of aromatic amines is 1. The predicted molar refractivity (Wildman–Crippen MR) is 126 cm³/mol. The molecule has 0 unspecified atom stereocenters. The summed E-state index contributed by atoms with van der Waals surface area (Å²) in [4.78, 5) is 42.8. The number of carboxylic acids is 1. The lowest BCUT2D eigenvalue weighted by Gasteiger charge is -2.49. The van der Waals surface area contributed by atoms with E-state index in [1.165, 1.54) is 45.6 Å². The fraction of sp³-hybridized carbons (Fsp3) is 0.267. The maximum atomic E-state index is 12.7. The van der Waals surface area contributed by atoms with Gasteiger partial charge in [-0.05, 0) is 0 Å². The molecule has 0 saturated carbocycles. The van der Waals surface area contributed by atoms with Gasteiger partial charge in [0.05, 0.1) is 11.3 Å². The number of fused-ring (bicyclic) bond motifs is 1. The van der Waals surface area contributed by atoms with Crippen LogP contribution in [0.5, 0.6) is 0 Å². The third-order valence-electron chi connectivity index (χ3n) is 4.34. The molecule has 2 aliphatic rings. The van der Waals surface area contributed by atoms with Crippen LogP contribution in [0.4, 0.5) is 5.13 Å². The maximum absolute atomic E-state index is 12.7. The number of nitrogens with zero attached hydrogens (tertiary/aromatic N) is 5. The van der Waals surface area contributed by atoms with Crippen molar-refractivity contribution in [3.63, 3.8) is 0 Å². The van der Waals surface area contributed by atoms with Gasteiger partial charge in [0.1, 0.15) is 27.8 Å². The molecule has 13 nitrogen and oxygen atoms in total. The normalized spacial score (nSPS) is 20.1. The van der Waals surface area contributed by atoms with Crippen LogP contribution >= 0.6 is 59.0 Å². The number of nitrogens with two attached hydrogens (primary N) is 1. The first-order chi connectivity index (χ1) is 15.4. The van der Waals surface area contributed by atoms with Gasteiger partial charge in [0.15, 0.2) is 10.8 Å². The lowest BCUT2D eigenvalue weighted by Crippen LogP contribution is -2.71. The second-order valence-electron chi connectivity index (χ2n) is 6.18. The van der Waals surface area contributed by atoms with E-state index >= 15 is 0 Å². The van der Waals surface area contributed by atoms with Crippen molar-refractivity contribution in [2.24, 2.45) is 5.16 Å². The summed E-state index contributed by atoms with van der Waals surface area (Å²) in [5.74, 6) is -2.25. The minimum Gasteiger partial charge on any atom is -0.477 e. The van der Waals surface area contributed by atoms with Gasteiger partial charge in [-0.3, -0.25) is 19.6 Å². The monoisotopic (exact) mass is 550 g/mol. The first-order valence-corrected chi connectivity index (χ1v) is 12.6. The van der Waals surface area contributed by atoms with Gasteiger partial charge in [-0.2, -0.15) is 0 Å². The number of nitrogen functional groups attached to an aromatic ring is 1. The SMILES string of the molecule is Cl.Nc1nc(/C(=N/O)C(=O)N[C@@H]2C(=O)N3C(C(=O)O)=C(SCSc4c[nH]nn4)CS[C@@H]23)cs1. The summed E-state index contributed by atoms with van der Waals surface area (Å²) in [6.07, 6.45) is 1.62. The lowest BCUT2D eigenvalue weighted by atomic mass is 10.0. The molecule has 0 aliphatic carbocycles. The lowest BCUT2D eigenvalue weighted by molar-refractivity contribution is -0.150. The van der Waals surface area contributed by atoms with Gasteiger partial charge in [-0.15, -0.1) is 52.4 Å². The molecule has 0 bridgehead atoms. The molecule has 4 rings (SSSR count). The number of H-pyrrole nitrogens is 1. The fourth-order valence-electron chi connectivity index (χ4n) is 2.94. The first-order valence-electron chi connectivity index (χ1n) is 8.68. The highest BCUT2D eigenvalue weighted by Crippen LogP contribution is 2.44. The van der Waals surface area contributed by atoms with E-state index in [2.05, 4.69) is 30.9 Å². The van der Waals surface area contributed by atoms with Crippen molar-refractivity contribution in [3.8, 4) is 0 Å². The number of halogens is 1. The zero-order valence-electron chi connectivity index (χ0n) is 16.2. The molecular weight excluding hydrogens is 536 g/mol. The number of oxime groups is 1. The second kappa shape index (κ2) is 10.6. The number of rotatable bonds is 8. The van der Waals surface area contributed by atoms with Gasteiger partial charge in [-0.25, -0.2) is 9.78 Å². The van der Waals surface area contributed by atoms with E-state index < -0.39 is 29.2 Å². The molecule has 33 heavy (non-hydrogen) atoms. The number of aromatic nitrogens is 4. The largest absolute Gasteiger partial charge is 0.477 e. The molecule has 1 fully saturated rings. The first kappa shape index (κ1) is 25.2. The number of hydrogen-bond donors (Lipinski definition) is 5. The zero-order chi connectivity index (χ0) is 22.8. The quantitative estimate of drug-likeness (QED) is 0.0767. The zero-order valence-corrected chi connectivity index (χ0v) is 20.3. The maximum Gasteiger partial charge on any atom is 0.353 e. The molecule has 4 heterocycles. The summed E-state index contributed by atoms with van der Waals surface area (Å²) in [5.41, 5.74) is 5.12. The molecule has 0 radical (unpaired) electrons. The number of carboxylic acid groups (broad SMARTS) is 1. The minimum absolute atomic E-state index is 0. The number of carbonyl (C=O) groups is 3. The number of anilines is 1. The van der Waals surface area contributed by atoms with Crippen molar-refractivity contribution in [3.05, 3.63) is 27.9 Å². The van der Waals surface area contributed by atoms with Gasteiger partial charge in [-0.1, -0.05) is 22.1 Å². The summed E-state index contributed by atoms with van der Waals surface area (Å²) in [7, 11) is 0. The Hall–Kier alpha value is -2.47. The van der Waals surface area contributed by atoms with Crippen LogP contribution in [-0.4, -0.2) is 81.4 Å². The number of β-lactam (4-membered cyclic amide) rings is 1. The molecule has 1 saturated heterocycles. The van der Waals surface area contributed by atoms with E-state index in [-0.39, 0.29) is 34.6 Å². The molecule has 2 amide bonds. The van der Waals surface area contributed by atoms with Gasteiger partial charge < -0.3 is 21.4 Å². The number of thioether (sulfide) groups is 3. The molecule has 2 atom stereocenters. The summed E-state index contributed by atoms with van der Waals surface area (Å²) >= 11 is 5.08. The molecule has 2 aliphatic heterocycles. The number of aliphatic carboxylic acids is 1. The number of carbonyl (C=O) groups excluding carboxylic acids is 2. The van der Waals surface area contributed by atoms with Crippen molar-refractivity contribution in [1.82, 2.24) is 30.6 Å². The Morgan fingerprint density at radius 2 is 2.21 bits per heavy atom. The van der Waals surface area contributed by atoms with Crippen LogP contribution in [0.3, 0.4) is 0 Å². The van der Waals surface area contributed by atoms with Gasteiger partial charge in [0.2, 0.25) is 0 Å². The molecular formula is C15H15ClN8O5S4. The van der Waals surface area contributed by atoms with Gasteiger partial charge in [0, 0.05) is 16.0 Å². The Labute approximate surface area is 208 Å². The Bertz CT molecular complexity index is 1120. The van der Waals surface area contributed by atoms with Crippen molar-refractivity contribution >= 4 is 87.7 Å². The Morgan fingerprint density at radius 1 is 1.42 bits per heavy atom. The molecule has 0 spiro atoms. The average molecular weight is 551 g/mol. The smallest absolute Gasteiger partial charge is 0.353 e. The summed E-state index contributed by atoms with van der Waals surface area (Å²) in [6, 6.07) is -0.967. The van der Waals surface area contributed by atoms with Crippen LogP contribution in [0.2, 0.25) is 0 Å². The van der Waals surface area contributed by atoms with E-state index in [0.29, 0.717) is 20.8 Å². The van der Waals surface area contributed by atoms with E-state index in [9.17, 15) is 24.7 Å². The third-order valence-corrected chi connectivity index (χ3v) is 8.60. The van der Waals surface area contributed by atoms with Crippen molar-refractivity contribution < 1.29 is 24.7 Å². The van der Waals surface area contributed by atoms with E-state index in [1.54, 1.807) is 6.20 Å². The Balaban J connectivity index is 0.00000306.